The van der Waals surface area contributed by atoms with Gasteiger partial charge in [-0.1, -0.05) is 6.42 Å². The lowest BCUT2D eigenvalue weighted by atomic mass is 10.1. The first kappa shape index (κ1) is 11.0. The lowest BCUT2D eigenvalue weighted by molar-refractivity contribution is 0.0860. The summed E-state index contributed by atoms with van der Waals surface area (Å²) in [5, 5.41) is 8.52. The Morgan fingerprint density at radius 3 is 2.54 bits per heavy atom. The SMILES string of the molecule is OCCCOCCN1CCCCC1. The molecule has 0 unspecified atom stereocenters. The van der Waals surface area contributed by atoms with Crippen molar-refractivity contribution in [1.82, 2.24) is 4.90 Å². The molecule has 0 aromatic carbocycles. The third-order valence-corrected chi connectivity index (χ3v) is 2.45. The van der Waals surface area contributed by atoms with Crippen LogP contribution in [0.5, 0.6) is 0 Å². The molecule has 13 heavy (non-hydrogen) atoms. The zero-order valence-corrected chi connectivity index (χ0v) is 8.37. The van der Waals surface area contributed by atoms with Crippen molar-refractivity contribution < 1.29 is 9.84 Å². The van der Waals surface area contributed by atoms with E-state index in [-0.39, 0.29) is 6.61 Å². The summed E-state index contributed by atoms with van der Waals surface area (Å²) >= 11 is 0. The second-order valence-electron chi connectivity index (χ2n) is 3.59. The van der Waals surface area contributed by atoms with Crippen LogP contribution >= 0.6 is 0 Å². The highest BCUT2D eigenvalue weighted by atomic mass is 16.5. The molecular weight excluding hydrogens is 166 g/mol. The van der Waals surface area contributed by atoms with Gasteiger partial charge in [0.25, 0.3) is 0 Å². The van der Waals surface area contributed by atoms with Gasteiger partial charge >= 0.3 is 0 Å². The Hall–Kier alpha value is -0.120. The maximum atomic E-state index is 8.52. The molecule has 0 bridgehead atoms. The lowest BCUT2D eigenvalue weighted by Crippen LogP contribution is -2.32. The van der Waals surface area contributed by atoms with E-state index >= 15 is 0 Å². The maximum absolute atomic E-state index is 8.52. The van der Waals surface area contributed by atoms with Crippen molar-refractivity contribution in [3.63, 3.8) is 0 Å². The number of ether oxygens (including phenoxy) is 1. The van der Waals surface area contributed by atoms with E-state index < -0.39 is 0 Å². The summed E-state index contributed by atoms with van der Waals surface area (Å²) in [6.07, 6.45) is 4.84. The first-order valence-corrected chi connectivity index (χ1v) is 5.34. The Morgan fingerprint density at radius 2 is 1.85 bits per heavy atom. The summed E-state index contributed by atoms with van der Waals surface area (Å²) in [4.78, 5) is 2.46. The summed E-state index contributed by atoms with van der Waals surface area (Å²) < 4.78 is 5.38. The van der Waals surface area contributed by atoms with Crippen molar-refractivity contribution >= 4 is 0 Å². The van der Waals surface area contributed by atoms with Gasteiger partial charge in [-0.15, -0.1) is 0 Å². The van der Waals surface area contributed by atoms with E-state index in [0.29, 0.717) is 6.61 Å². The van der Waals surface area contributed by atoms with Gasteiger partial charge in [0.1, 0.15) is 0 Å². The van der Waals surface area contributed by atoms with Gasteiger partial charge in [0.2, 0.25) is 0 Å². The third kappa shape index (κ3) is 5.24. The standard InChI is InChI=1S/C10H21NO2/c12-8-4-9-13-10-7-11-5-2-1-3-6-11/h12H,1-10H2. The minimum Gasteiger partial charge on any atom is -0.396 e. The molecule has 0 aromatic heterocycles. The molecule has 0 radical (unpaired) electrons. The minimum atomic E-state index is 0.240. The van der Waals surface area contributed by atoms with Crippen LogP contribution < -0.4 is 0 Å². The van der Waals surface area contributed by atoms with Crippen LogP contribution in [-0.4, -0.2) is 49.5 Å². The molecule has 3 nitrogen and oxygen atoms in total. The Kier molecular flexibility index (Phi) is 6.15. The van der Waals surface area contributed by atoms with Crippen LogP contribution in [0.4, 0.5) is 0 Å². The molecule has 1 aliphatic rings. The van der Waals surface area contributed by atoms with Crippen LogP contribution in [0.1, 0.15) is 25.7 Å². The Morgan fingerprint density at radius 1 is 1.08 bits per heavy atom. The zero-order valence-electron chi connectivity index (χ0n) is 8.37. The molecule has 1 saturated heterocycles. The molecule has 0 amide bonds. The van der Waals surface area contributed by atoms with Gasteiger partial charge in [0.05, 0.1) is 6.61 Å². The van der Waals surface area contributed by atoms with Crippen LogP contribution in [0.25, 0.3) is 0 Å². The highest BCUT2D eigenvalue weighted by molar-refractivity contribution is 4.63. The van der Waals surface area contributed by atoms with Gasteiger partial charge in [-0.3, -0.25) is 0 Å². The van der Waals surface area contributed by atoms with Gasteiger partial charge in [-0.05, 0) is 32.4 Å². The van der Waals surface area contributed by atoms with E-state index in [1.54, 1.807) is 0 Å². The van der Waals surface area contributed by atoms with E-state index in [4.69, 9.17) is 9.84 Å². The monoisotopic (exact) mass is 187 g/mol. The molecule has 1 N–H and O–H groups in total. The van der Waals surface area contributed by atoms with E-state index in [2.05, 4.69) is 4.90 Å². The Bertz CT molecular complexity index is 113. The van der Waals surface area contributed by atoms with Crippen LogP contribution in [-0.2, 0) is 4.74 Å². The smallest absolute Gasteiger partial charge is 0.0593 e. The fraction of sp³-hybridized carbons (Fsp3) is 1.00. The Balaban J connectivity index is 1.86. The number of piperidine rings is 1. The fourth-order valence-corrected chi connectivity index (χ4v) is 1.65. The van der Waals surface area contributed by atoms with Gasteiger partial charge < -0.3 is 14.7 Å². The number of hydrogen-bond acceptors (Lipinski definition) is 3. The van der Waals surface area contributed by atoms with E-state index in [9.17, 15) is 0 Å². The van der Waals surface area contributed by atoms with Crippen molar-refractivity contribution in [3.05, 3.63) is 0 Å². The highest BCUT2D eigenvalue weighted by Gasteiger charge is 2.08. The number of aliphatic hydroxyl groups is 1. The normalized spacial score (nSPS) is 19.2. The number of nitrogens with zero attached hydrogens (tertiary/aromatic N) is 1. The number of rotatable bonds is 6. The van der Waals surface area contributed by atoms with E-state index in [1.165, 1.54) is 32.4 Å². The lowest BCUT2D eigenvalue weighted by Gasteiger charge is -2.26. The molecule has 3 heteroatoms. The third-order valence-electron chi connectivity index (χ3n) is 2.45. The van der Waals surface area contributed by atoms with Crippen molar-refractivity contribution in [2.75, 3.05) is 39.5 Å². The molecular formula is C10H21NO2. The second kappa shape index (κ2) is 7.30. The first-order chi connectivity index (χ1) is 6.43. The van der Waals surface area contributed by atoms with Crippen LogP contribution in [0.15, 0.2) is 0 Å². The molecule has 0 saturated carbocycles. The summed E-state index contributed by atoms with van der Waals surface area (Å²) in [5.74, 6) is 0. The molecule has 0 atom stereocenters. The summed E-state index contributed by atoms with van der Waals surface area (Å²) in [7, 11) is 0. The predicted molar refractivity (Wildman–Crippen MR) is 52.8 cm³/mol. The second-order valence-corrected chi connectivity index (χ2v) is 3.59. The molecule has 1 aliphatic heterocycles. The summed E-state index contributed by atoms with van der Waals surface area (Å²) in [5.41, 5.74) is 0. The number of aliphatic hydroxyl groups excluding tert-OH is 1. The molecule has 0 spiro atoms. The fourth-order valence-electron chi connectivity index (χ4n) is 1.65. The van der Waals surface area contributed by atoms with Crippen molar-refractivity contribution in [1.29, 1.82) is 0 Å². The molecule has 0 aliphatic carbocycles. The average Bonchev–Trinajstić information content (AvgIpc) is 2.19. The zero-order chi connectivity index (χ0) is 9.36. The van der Waals surface area contributed by atoms with E-state index in [0.717, 1.165) is 19.6 Å². The number of hydrogen-bond donors (Lipinski definition) is 1. The van der Waals surface area contributed by atoms with Gasteiger partial charge in [-0.2, -0.15) is 0 Å². The molecule has 1 rings (SSSR count). The summed E-state index contributed by atoms with van der Waals surface area (Å²) in [6, 6.07) is 0. The topological polar surface area (TPSA) is 32.7 Å². The van der Waals surface area contributed by atoms with Crippen molar-refractivity contribution in [2.24, 2.45) is 0 Å². The minimum absolute atomic E-state index is 0.240. The van der Waals surface area contributed by atoms with Gasteiger partial charge in [0.15, 0.2) is 0 Å². The van der Waals surface area contributed by atoms with Crippen LogP contribution in [0, 0.1) is 0 Å². The molecule has 1 heterocycles. The van der Waals surface area contributed by atoms with Crippen molar-refractivity contribution in [2.45, 2.75) is 25.7 Å². The van der Waals surface area contributed by atoms with Crippen LogP contribution in [0.3, 0.4) is 0 Å². The quantitative estimate of drug-likeness (QED) is 0.626. The Labute approximate surface area is 80.7 Å². The van der Waals surface area contributed by atoms with E-state index in [1.807, 2.05) is 0 Å². The largest absolute Gasteiger partial charge is 0.396 e. The number of likely N-dealkylation sites (tertiary alicyclic amines) is 1. The maximum Gasteiger partial charge on any atom is 0.0593 e. The predicted octanol–water partition coefficient (Wildman–Crippen LogP) is 0.871. The molecule has 78 valence electrons. The summed E-state index contributed by atoms with van der Waals surface area (Å²) in [6.45, 7) is 5.30. The average molecular weight is 187 g/mol. The van der Waals surface area contributed by atoms with Crippen molar-refractivity contribution in [3.8, 4) is 0 Å². The van der Waals surface area contributed by atoms with Gasteiger partial charge in [-0.25, -0.2) is 0 Å². The highest BCUT2D eigenvalue weighted by Crippen LogP contribution is 2.07. The molecule has 1 fully saturated rings. The van der Waals surface area contributed by atoms with Gasteiger partial charge in [0, 0.05) is 19.8 Å². The first-order valence-electron chi connectivity index (χ1n) is 5.34. The van der Waals surface area contributed by atoms with Crippen LogP contribution in [0.2, 0.25) is 0 Å². The molecule has 0 aromatic rings.